The highest BCUT2D eigenvalue weighted by Crippen LogP contribution is 2.29. The molecule has 0 saturated heterocycles. The smallest absolute Gasteiger partial charge is 0.153 e. The van der Waals surface area contributed by atoms with Crippen LogP contribution in [0.25, 0.3) is 0 Å². The van der Waals surface area contributed by atoms with E-state index < -0.39 is 0 Å². The maximum atomic E-state index is 6.10. The molecular weight excluding hydrogens is 302 g/mol. The van der Waals surface area contributed by atoms with Gasteiger partial charge in [-0.3, -0.25) is 0 Å². The molecule has 3 nitrogen and oxygen atoms in total. The maximum Gasteiger partial charge on any atom is 0.153 e. The van der Waals surface area contributed by atoms with Crippen LogP contribution < -0.4 is 11.1 Å². The lowest BCUT2D eigenvalue weighted by Crippen LogP contribution is -2.00. The Labute approximate surface area is 113 Å². The number of aryl methyl sites for hydroxylation is 1. The molecule has 0 unspecified atom stereocenters. The summed E-state index contributed by atoms with van der Waals surface area (Å²) in [6, 6.07) is 7.45. The van der Waals surface area contributed by atoms with Crippen LogP contribution in [0.15, 0.2) is 34.9 Å². The molecule has 0 amide bonds. The van der Waals surface area contributed by atoms with Gasteiger partial charge in [0, 0.05) is 10.7 Å². The number of benzene rings is 1. The SMILES string of the molecule is Cc1cnc(Nc2ccc(Br)cc2Cl)c(N)c1. The van der Waals surface area contributed by atoms with Crippen molar-refractivity contribution in [2.75, 3.05) is 11.1 Å². The first-order valence-corrected chi connectivity index (χ1v) is 6.17. The van der Waals surface area contributed by atoms with Crippen molar-refractivity contribution in [1.82, 2.24) is 4.98 Å². The minimum Gasteiger partial charge on any atom is -0.396 e. The molecule has 1 heterocycles. The number of pyridine rings is 1. The molecule has 0 aliphatic heterocycles. The third kappa shape index (κ3) is 2.90. The van der Waals surface area contributed by atoms with E-state index in [0.717, 1.165) is 15.7 Å². The molecule has 0 bridgehead atoms. The van der Waals surface area contributed by atoms with Gasteiger partial charge in [0.1, 0.15) is 0 Å². The molecular formula is C12H11BrClN3. The standard InChI is InChI=1S/C12H11BrClN3/c1-7-4-10(15)12(16-6-7)17-11-3-2-8(13)5-9(11)14/h2-6H,15H2,1H3,(H,16,17). The van der Waals surface area contributed by atoms with Gasteiger partial charge < -0.3 is 11.1 Å². The molecule has 1 aromatic carbocycles. The molecule has 2 aromatic rings. The van der Waals surface area contributed by atoms with Gasteiger partial charge in [0.25, 0.3) is 0 Å². The third-order valence-corrected chi connectivity index (χ3v) is 3.04. The quantitative estimate of drug-likeness (QED) is 0.876. The Hall–Kier alpha value is -1.26. The second-order valence-electron chi connectivity index (χ2n) is 3.70. The number of nitrogen functional groups attached to an aromatic ring is 1. The number of hydrogen-bond donors (Lipinski definition) is 2. The van der Waals surface area contributed by atoms with Crippen molar-refractivity contribution in [3.63, 3.8) is 0 Å². The van der Waals surface area contributed by atoms with Crippen LogP contribution in [0.4, 0.5) is 17.2 Å². The van der Waals surface area contributed by atoms with E-state index in [2.05, 4.69) is 26.2 Å². The molecule has 17 heavy (non-hydrogen) atoms. The van der Waals surface area contributed by atoms with Gasteiger partial charge >= 0.3 is 0 Å². The van der Waals surface area contributed by atoms with Crippen LogP contribution in [0.5, 0.6) is 0 Å². The average molecular weight is 313 g/mol. The molecule has 0 atom stereocenters. The molecule has 5 heteroatoms. The Morgan fingerprint density at radius 3 is 2.76 bits per heavy atom. The summed E-state index contributed by atoms with van der Waals surface area (Å²) in [5.74, 6) is 0.611. The van der Waals surface area contributed by atoms with Crippen LogP contribution in [-0.2, 0) is 0 Å². The lowest BCUT2D eigenvalue weighted by atomic mass is 10.2. The Bertz CT molecular complexity index is 508. The Morgan fingerprint density at radius 2 is 2.12 bits per heavy atom. The van der Waals surface area contributed by atoms with Gasteiger partial charge in [-0.2, -0.15) is 0 Å². The van der Waals surface area contributed by atoms with Gasteiger partial charge in [-0.15, -0.1) is 0 Å². The molecule has 0 radical (unpaired) electrons. The number of rotatable bonds is 2. The van der Waals surface area contributed by atoms with E-state index in [1.54, 1.807) is 6.20 Å². The predicted octanol–water partition coefficient (Wildman–Crippen LogP) is 4.13. The summed E-state index contributed by atoms with van der Waals surface area (Å²) in [6.45, 7) is 1.94. The Kier molecular flexibility index (Phi) is 3.54. The average Bonchev–Trinajstić information content (AvgIpc) is 2.25. The Morgan fingerprint density at radius 1 is 1.35 bits per heavy atom. The van der Waals surface area contributed by atoms with E-state index in [1.165, 1.54) is 0 Å². The van der Waals surface area contributed by atoms with Crippen LogP contribution in [0.1, 0.15) is 5.56 Å². The molecule has 0 aliphatic carbocycles. The molecule has 3 N–H and O–H groups in total. The second-order valence-corrected chi connectivity index (χ2v) is 5.02. The number of nitrogens with one attached hydrogen (secondary N) is 1. The van der Waals surface area contributed by atoms with Gasteiger partial charge in [-0.1, -0.05) is 27.5 Å². The second kappa shape index (κ2) is 4.94. The van der Waals surface area contributed by atoms with Gasteiger partial charge in [0.05, 0.1) is 16.4 Å². The van der Waals surface area contributed by atoms with Crippen LogP contribution >= 0.6 is 27.5 Å². The zero-order chi connectivity index (χ0) is 12.4. The highest BCUT2D eigenvalue weighted by Gasteiger charge is 2.05. The van der Waals surface area contributed by atoms with Crippen molar-refractivity contribution in [3.8, 4) is 0 Å². The van der Waals surface area contributed by atoms with Crippen molar-refractivity contribution < 1.29 is 0 Å². The van der Waals surface area contributed by atoms with Crippen LogP contribution in [0.3, 0.4) is 0 Å². The van der Waals surface area contributed by atoms with E-state index in [4.69, 9.17) is 17.3 Å². The highest BCUT2D eigenvalue weighted by atomic mass is 79.9. The summed E-state index contributed by atoms with van der Waals surface area (Å²) < 4.78 is 0.929. The van der Waals surface area contributed by atoms with Crippen molar-refractivity contribution >= 4 is 44.7 Å². The van der Waals surface area contributed by atoms with E-state index >= 15 is 0 Å². The third-order valence-electron chi connectivity index (χ3n) is 2.24. The molecule has 1 aromatic heterocycles. The molecule has 0 aliphatic rings. The van der Waals surface area contributed by atoms with Gasteiger partial charge in [0.15, 0.2) is 5.82 Å². The Balaban J connectivity index is 2.31. The van der Waals surface area contributed by atoms with Crippen molar-refractivity contribution in [1.29, 1.82) is 0 Å². The van der Waals surface area contributed by atoms with Crippen molar-refractivity contribution in [2.45, 2.75) is 6.92 Å². The summed E-state index contributed by atoms with van der Waals surface area (Å²) in [5, 5.41) is 3.72. The number of halogens is 2. The van der Waals surface area contributed by atoms with E-state index in [9.17, 15) is 0 Å². The lowest BCUT2D eigenvalue weighted by Gasteiger charge is -2.10. The molecule has 0 spiro atoms. The molecule has 0 fully saturated rings. The van der Waals surface area contributed by atoms with E-state index in [-0.39, 0.29) is 0 Å². The summed E-state index contributed by atoms with van der Waals surface area (Å²) in [6.07, 6.45) is 1.76. The predicted molar refractivity (Wildman–Crippen MR) is 75.8 cm³/mol. The van der Waals surface area contributed by atoms with Crippen LogP contribution in [0.2, 0.25) is 5.02 Å². The lowest BCUT2D eigenvalue weighted by molar-refractivity contribution is 1.26. The number of aromatic nitrogens is 1. The first-order valence-electron chi connectivity index (χ1n) is 5.00. The zero-order valence-corrected chi connectivity index (χ0v) is 11.5. The van der Waals surface area contributed by atoms with Crippen LogP contribution in [-0.4, -0.2) is 4.98 Å². The molecule has 88 valence electrons. The zero-order valence-electron chi connectivity index (χ0n) is 9.17. The minimum atomic E-state index is 0.601. The fourth-order valence-electron chi connectivity index (χ4n) is 1.41. The monoisotopic (exact) mass is 311 g/mol. The first-order chi connectivity index (χ1) is 8.06. The number of nitrogens with two attached hydrogens (primary N) is 1. The van der Waals surface area contributed by atoms with Crippen molar-refractivity contribution in [3.05, 3.63) is 45.5 Å². The summed E-state index contributed by atoms with van der Waals surface area (Å²) in [4.78, 5) is 4.23. The summed E-state index contributed by atoms with van der Waals surface area (Å²) >= 11 is 9.46. The number of hydrogen-bond acceptors (Lipinski definition) is 3. The first kappa shape index (κ1) is 12.2. The topological polar surface area (TPSA) is 50.9 Å². The normalized spacial score (nSPS) is 10.3. The number of anilines is 3. The van der Waals surface area contributed by atoms with Gasteiger partial charge in [-0.05, 0) is 36.8 Å². The number of nitrogens with zero attached hydrogens (tertiary/aromatic N) is 1. The fraction of sp³-hybridized carbons (Fsp3) is 0.0833. The van der Waals surface area contributed by atoms with E-state index in [1.807, 2.05) is 31.2 Å². The summed E-state index contributed by atoms with van der Waals surface area (Å²) in [5.41, 5.74) is 8.27. The van der Waals surface area contributed by atoms with E-state index in [0.29, 0.717) is 16.5 Å². The summed E-state index contributed by atoms with van der Waals surface area (Å²) in [7, 11) is 0. The fourth-order valence-corrected chi connectivity index (χ4v) is 2.14. The molecule has 0 saturated carbocycles. The van der Waals surface area contributed by atoms with Gasteiger partial charge in [-0.25, -0.2) is 4.98 Å². The van der Waals surface area contributed by atoms with Crippen LogP contribution in [0, 0.1) is 6.92 Å². The van der Waals surface area contributed by atoms with Crippen molar-refractivity contribution in [2.24, 2.45) is 0 Å². The largest absolute Gasteiger partial charge is 0.396 e. The maximum absolute atomic E-state index is 6.10. The van der Waals surface area contributed by atoms with Gasteiger partial charge in [0.2, 0.25) is 0 Å². The minimum absolute atomic E-state index is 0.601. The highest BCUT2D eigenvalue weighted by molar-refractivity contribution is 9.10. The molecule has 2 rings (SSSR count).